The molecular formula is C15H16N2O3S. The van der Waals surface area contributed by atoms with Crippen molar-refractivity contribution in [2.75, 3.05) is 0 Å². The third-order valence-electron chi connectivity index (χ3n) is 2.96. The number of carboxylic acids is 1. The number of hydrogen-bond donors (Lipinski definition) is 2. The number of amides is 1. The summed E-state index contributed by atoms with van der Waals surface area (Å²) in [5.74, 6) is -1.06. The number of nitrogens with zero attached hydrogens (tertiary/aromatic N) is 1. The van der Waals surface area contributed by atoms with E-state index in [1.54, 1.807) is 30.5 Å². The summed E-state index contributed by atoms with van der Waals surface area (Å²) in [6.45, 7) is 2.34. The van der Waals surface area contributed by atoms with Crippen molar-refractivity contribution in [3.05, 3.63) is 51.5 Å². The van der Waals surface area contributed by atoms with E-state index in [4.69, 9.17) is 5.11 Å². The monoisotopic (exact) mass is 304 g/mol. The summed E-state index contributed by atoms with van der Waals surface area (Å²) in [5, 5.41) is 12.6. The van der Waals surface area contributed by atoms with Gasteiger partial charge in [-0.25, -0.2) is 4.98 Å². The Morgan fingerprint density at radius 1 is 1.33 bits per heavy atom. The van der Waals surface area contributed by atoms with E-state index >= 15 is 0 Å². The molecule has 0 unspecified atom stereocenters. The summed E-state index contributed by atoms with van der Waals surface area (Å²) in [5.41, 5.74) is 1.28. The molecule has 0 aliphatic rings. The Labute approximate surface area is 126 Å². The molecule has 0 aliphatic carbocycles. The van der Waals surface area contributed by atoms with Gasteiger partial charge in [-0.05, 0) is 25.0 Å². The zero-order valence-corrected chi connectivity index (χ0v) is 12.4. The zero-order valence-electron chi connectivity index (χ0n) is 11.6. The molecule has 5 nitrogen and oxygen atoms in total. The van der Waals surface area contributed by atoms with Crippen molar-refractivity contribution in [1.29, 1.82) is 0 Å². The molecular weight excluding hydrogens is 288 g/mol. The summed E-state index contributed by atoms with van der Waals surface area (Å²) < 4.78 is 0. The lowest BCUT2D eigenvalue weighted by Crippen LogP contribution is -2.23. The van der Waals surface area contributed by atoms with Gasteiger partial charge in [-0.1, -0.05) is 18.2 Å². The quantitative estimate of drug-likeness (QED) is 0.859. The molecule has 0 saturated carbocycles. The standard InChI is InChI=1S/C15H16N2O3S/c1-10-16-8-12(21-10)9-17-15(20)13-5-3-2-4-11(13)6-7-14(18)19/h2-5,8H,6-7,9H2,1H3,(H,17,20)(H,18,19). The SMILES string of the molecule is Cc1ncc(CNC(=O)c2ccccc2CCC(=O)O)s1. The second-order valence-corrected chi connectivity index (χ2v) is 5.90. The number of carboxylic acid groups (broad SMARTS) is 1. The second-order valence-electron chi connectivity index (χ2n) is 4.58. The molecule has 110 valence electrons. The molecule has 0 atom stereocenters. The van der Waals surface area contributed by atoms with Gasteiger partial charge in [0.05, 0.1) is 11.6 Å². The summed E-state index contributed by atoms with van der Waals surface area (Å²) in [6, 6.07) is 7.08. The van der Waals surface area contributed by atoms with E-state index in [0.29, 0.717) is 18.5 Å². The number of thiazole rings is 1. The lowest BCUT2D eigenvalue weighted by molar-refractivity contribution is -0.136. The first-order valence-corrected chi connectivity index (χ1v) is 7.37. The third-order valence-corrected chi connectivity index (χ3v) is 3.88. The highest BCUT2D eigenvalue weighted by Gasteiger charge is 2.12. The molecule has 0 fully saturated rings. The minimum atomic E-state index is -0.870. The molecule has 6 heteroatoms. The van der Waals surface area contributed by atoms with Crippen molar-refractivity contribution >= 4 is 23.2 Å². The maximum absolute atomic E-state index is 12.2. The largest absolute Gasteiger partial charge is 0.481 e. The van der Waals surface area contributed by atoms with Gasteiger partial charge in [0, 0.05) is 23.1 Å². The smallest absolute Gasteiger partial charge is 0.303 e. The molecule has 1 heterocycles. The van der Waals surface area contributed by atoms with Gasteiger partial charge in [0.2, 0.25) is 0 Å². The van der Waals surface area contributed by atoms with Crippen LogP contribution in [0.5, 0.6) is 0 Å². The highest BCUT2D eigenvalue weighted by Crippen LogP contribution is 2.13. The average molecular weight is 304 g/mol. The van der Waals surface area contributed by atoms with E-state index in [1.165, 1.54) is 11.3 Å². The first-order valence-electron chi connectivity index (χ1n) is 6.55. The third kappa shape index (κ3) is 4.39. The van der Waals surface area contributed by atoms with Gasteiger partial charge < -0.3 is 10.4 Å². The van der Waals surface area contributed by atoms with Crippen molar-refractivity contribution in [3.63, 3.8) is 0 Å². The van der Waals surface area contributed by atoms with Crippen molar-refractivity contribution in [3.8, 4) is 0 Å². The maximum atomic E-state index is 12.2. The predicted molar refractivity (Wildman–Crippen MR) is 80.4 cm³/mol. The number of aryl methyl sites for hydroxylation is 2. The van der Waals surface area contributed by atoms with Gasteiger partial charge in [0.1, 0.15) is 0 Å². The fraction of sp³-hybridized carbons (Fsp3) is 0.267. The highest BCUT2D eigenvalue weighted by atomic mass is 32.1. The van der Waals surface area contributed by atoms with Crippen LogP contribution in [0.1, 0.15) is 32.2 Å². The molecule has 0 saturated heterocycles. The molecule has 1 amide bonds. The molecule has 21 heavy (non-hydrogen) atoms. The predicted octanol–water partition coefficient (Wildman–Crippen LogP) is 2.40. The molecule has 0 aliphatic heterocycles. The maximum Gasteiger partial charge on any atom is 0.303 e. The Bertz CT molecular complexity index is 652. The summed E-state index contributed by atoms with van der Waals surface area (Å²) >= 11 is 1.54. The second kappa shape index (κ2) is 6.99. The fourth-order valence-electron chi connectivity index (χ4n) is 1.95. The molecule has 0 spiro atoms. The van der Waals surface area contributed by atoms with E-state index in [1.807, 2.05) is 6.92 Å². The summed E-state index contributed by atoms with van der Waals surface area (Å²) in [7, 11) is 0. The van der Waals surface area contributed by atoms with Gasteiger partial charge >= 0.3 is 5.97 Å². The molecule has 1 aromatic heterocycles. The number of carbonyl (C=O) groups is 2. The summed E-state index contributed by atoms with van der Waals surface area (Å²) in [6.07, 6.45) is 2.10. The van der Waals surface area contributed by atoms with E-state index in [0.717, 1.165) is 15.4 Å². The molecule has 2 rings (SSSR count). The Morgan fingerprint density at radius 2 is 2.10 bits per heavy atom. The molecule has 0 bridgehead atoms. The Morgan fingerprint density at radius 3 is 2.76 bits per heavy atom. The van der Waals surface area contributed by atoms with Crippen LogP contribution < -0.4 is 5.32 Å². The Kier molecular flexibility index (Phi) is 5.05. The fourth-order valence-corrected chi connectivity index (χ4v) is 2.69. The minimum Gasteiger partial charge on any atom is -0.481 e. The topological polar surface area (TPSA) is 79.3 Å². The van der Waals surface area contributed by atoms with Crippen molar-refractivity contribution < 1.29 is 14.7 Å². The van der Waals surface area contributed by atoms with Gasteiger partial charge in [-0.2, -0.15) is 0 Å². The molecule has 2 aromatic rings. The van der Waals surface area contributed by atoms with Crippen LogP contribution in [-0.4, -0.2) is 22.0 Å². The van der Waals surface area contributed by atoms with Gasteiger partial charge in [-0.15, -0.1) is 11.3 Å². The number of hydrogen-bond acceptors (Lipinski definition) is 4. The molecule has 1 aromatic carbocycles. The van der Waals surface area contributed by atoms with Crippen LogP contribution >= 0.6 is 11.3 Å². The van der Waals surface area contributed by atoms with Gasteiger partial charge in [0.25, 0.3) is 5.91 Å². The number of nitrogens with one attached hydrogen (secondary N) is 1. The number of rotatable bonds is 6. The van der Waals surface area contributed by atoms with Gasteiger partial charge in [0.15, 0.2) is 0 Å². The molecule has 2 N–H and O–H groups in total. The normalized spacial score (nSPS) is 10.3. The highest BCUT2D eigenvalue weighted by molar-refractivity contribution is 7.11. The van der Waals surface area contributed by atoms with Crippen LogP contribution in [0.4, 0.5) is 0 Å². The zero-order chi connectivity index (χ0) is 15.2. The van der Waals surface area contributed by atoms with E-state index in [2.05, 4.69) is 10.3 Å². The first-order chi connectivity index (χ1) is 10.1. The minimum absolute atomic E-state index is 0.0122. The van der Waals surface area contributed by atoms with Crippen molar-refractivity contribution in [1.82, 2.24) is 10.3 Å². The van der Waals surface area contributed by atoms with Crippen LogP contribution in [-0.2, 0) is 17.8 Å². The Hall–Kier alpha value is -2.21. The lowest BCUT2D eigenvalue weighted by Gasteiger charge is -2.08. The first kappa shape index (κ1) is 15.2. The van der Waals surface area contributed by atoms with E-state index < -0.39 is 5.97 Å². The molecule has 0 radical (unpaired) electrons. The van der Waals surface area contributed by atoms with Crippen LogP contribution in [0.25, 0.3) is 0 Å². The number of benzene rings is 1. The number of carbonyl (C=O) groups excluding carboxylic acids is 1. The van der Waals surface area contributed by atoms with Crippen LogP contribution in [0.2, 0.25) is 0 Å². The lowest BCUT2D eigenvalue weighted by atomic mass is 10.0. The Balaban J connectivity index is 2.02. The van der Waals surface area contributed by atoms with Crippen molar-refractivity contribution in [2.45, 2.75) is 26.3 Å². The summed E-state index contributed by atoms with van der Waals surface area (Å²) in [4.78, 5) is 28.0. The van der Waals surface area contributed by atoms with Crippen LogP contribution in [0.3, 0.4) is 0 Å². The van der Waals surface area contributed by atoms with Crippen molar-refractivity contribution in [2.24, 2.45) is 0 Å². The van der Waals surface area contributed by atoms with E-state index in [-0.39, 0.29) is 12.3 Å². The number of aliphatic carboxylic acids is 1. The average Bonchev–Trinajstić information content (AvgIpc) is 2.88. The van der Waals surface area contributed by atoms with E-state index in [9.17, 15) is 9.59 Å². The van der Waals surface area contributed by atoms with Crippen LogP contribution in [0, 0.1) is 6.92 Å². The van der Waals surface area contributed by atoms with Crippen LogP contribution in [0.15, 0.2) is 30.5 Å². The number of aromatic nitrogens is 1. The van der Waals surface area contributed by atoms with Gasteiger partial charge in [-0.3, -0.25) is 9.59 Å².